The van der Waals surface area contributed by atoms with Gasteiger partial charge in [0.25, 0.3) is 5.56 Å². The molecule has 1 aromatic carbocycles. The molecular formula is C20H24N4O2S. The molecule has 2 heterocycles. The van der Waals surface area contributed by atoms with Gasteiger partial charge in [0.2, 0.25) is 0 Å². The number of ether oxygens (including phenoxy) is 1. The van der Waals surface area contributed by atoms with Gasteiger partial charge in [-0.1, -0.05) is 18.7 Å². The van der Waals surface area contributed by atoms with Crippen LogP contribution >= 0.6 is 11.8 Å². The van der Waals surface area contributed by atoms with E-state index in [0.717, 1.165) is 36.9 Å². The van der Waals surface area contributed by atoms with Gasteiger partial charge in [0.05, 0.1) is 5.69 Å². The Morgan fingerprint density at radius 3 is 2.85 bits per heavy atom. The molecular weight excluding hydrogens is 360 g/mol. The first-order valence-corrected chi connectivity index (χ1v) is 10.4. The first kappa shape index (κ1) is 19.5. The molecule has 1 aliphatic heterocycles. The van der Waals surface area contributed by atoms with Gasteiger partial charge >= 0.3 is 0 Å². The molecule has 1 N–H and O–H groups in total. The van der Waals surface area contributed by atoms with Crippen LogP contribution in [0.1, 0.15) is 25.3 Å². The minimum absolute atomic E-state index is 0.0284. The minimum atomic E-state index is -0.414. The number of nitrogens with zero attached hydrogens (tertiary/aromatic N) is 3. The molecule has 1 atom stereocenters. The Kier molecular flexibility index (Phi) is 6.54. The van der Waals surface area contributed by atoms with E-state index in [1.54, 1.807) is 0 Å². The Hall–Kier alpha value is -2.30. The highest BCUT2D eigenvalue weighted by atomic mass is 32.2. The zero-order chi connectivity index (χ0) is 19.2. The second-order valence-corrected chi connectivity index (χ2v) is 7.63. The lowest BCUT2D eigenvalue weighted by Gasteiger charge is -2.30. The maximum atomic E-state index is 12.0. The van der Waals surface area contributed by atoms with Crippen molar-refractivity contribution in [1.82, 2.24) is 14.9 Å². The van der Waals surface area contributed by atoms with Crippen LogP contribution in [-0.4, -0.2) is 47.4 Å². The average Bonchev–Trinajstić information content (AvgIpc) is 2.68. The van der Waals surface area contributed by atoms with Crippen molar-refractivity contribution in [3.05, 3.63) is 40.2 Å². The minimum Gasteiger partial charge on any atom is -0.492 e. The van der Waals surface area contributed by atoms with Crippen molar-refractivity contribution in [1.29, 1.82) is 5.26 Å². The zero-order valence-corrected chi connectivity index (χ0v) is 16.5. The lowest BCUT2D eigenvalue weighted by molar-refractivity contribution is 0.153. The number of rotatable bonds is 6. The third-order valence-corrected chi connectivity index (χ3v) is 5.33. The van der Waals surface area contributed by atoms with Gasteiger partial charge in [-0.2, -0.15) is 5.26 Å². The van der Waals surface area contributed by atoms with Crippen molar-refractivity contribution >= 4 is 11.8 Å². The standard InChI is InChI=1S/C20H24N4O2S/c1-14-4-3-9-24(13-14)10-11-26-16-7-5-15(6-8-16)18-17(12-21)19(25)23-20(22-18)27-2/h5-8,14H,3-4,9-11,13H2,1-2H3,(H,22,23,25). The van der Waals surface area contributed by atoms with Crippen molar-refractivity contribution in [2.24, 2.45) is 5.92 Å². The second kappa shape index (κ2) is 9.07. The average molecular weight is 385 g/mol. The van der Waals surface area contributed by atoms with E-state index in [-0.39, 0.29) is 5.56 Å². The molecule has 0 radical (unpaired) electrons. The summed E-state index contributed by atoms with van der Waals surface area (Å²) in [7, 11) is 0. The van der Waals surface area contributed by atoms with Crippen LogP contribution in [0, 0.1) is 17.2 Å². The molecule has 2 aromatic rings. The number of likely N-dealkylation sites (tertiary alicyclic amines) is 1. The molecule has 0 aliphatic carbocycles. The monoisotopic (exact) mass is 384 g/mol. The Balaban J connectivity index is 1.66. The molecule has 1 aliphatic rings. The molecule has 0 spiro atoms. The number of nitrogens with one attached hydrogen (secondary N) is 1. The van der Waals surface area contributed by atoms with Crippen molar-refractivity contribution in [2.45, 2.75) is 24.9 Å². The van der Waals surface area contributed by atoms with E-state index in [1.807, 2.05) is 36.6 Å². The Bertz CT molecular complexity index is 873. The van der Waals surface area contributed by atoms with Crippen LogP contribution in [0.2, 0.25) is 0 Å². The number of hydrogen-bond donors (Lipinski definition) is 1. The van der Waals surface area contributed by atoms with Gasteiger partial charge in [-0.05, 0) is 55.8 Å². The van der Waals surface area contributed by atoms with Crippen LogP contribution in [0.5, 0.6) is 5.75 Å². The van der Waals surface area contributed by atoms with Crippen molar-refractivity contribution in [2.75, 3.05) is 32.5 Å². The van der Waals surface area contributed by atoms with E-state index in [0.29, 0.717) is 17.5 Å². The van der Waals surface area contributed by atoms with Crippen LogP contribution in [0.15, 0.2) is 34.2 Å². The zero-order valence-electron chi connectivity index (χ0n) is 15.7. The Labute approximate surface area is 163 Å². The number of hydrogen-bond acceptors (Lipinski definition) is 6. The molecule has 1 fully saturated rings. The molecule has 3 rings (SSSR count). The van der Waals surface area contributed by atoms with E-state index in [1.165, 1.54) is 24.6 Å². The fourth-order valence-corrected chi connectivity index (χ4v) is 3.73. The number of aromatic nitrogens is 2. The van der Waals surface area contributed by atoms with E-state index in [4.69, 9.17) is 4.74 Å². The highest BCUT2D eigenvalue weighted by molar-refractivity contribution is 7.98. The summed E-state index contributed by atoms with van der Waals surface area (Å²) in [5.74, 6) is 1.54. The fraction of sp³-hybridized carbons (Fsp3) is 0.450. The van der Waals surface area contributed by atoms with Crippen LogP contribution in [-0.2, 0) is 0 Å². The summed E-state index contributed by atoms with van der Waals surface area (Å²) in [4.78, 5) is 21.5. The number of H-pyrrole nitrogens is 1. The molecule has 0 amide bonds. The van der Waals surface area contributed by atoms with Crippen LogP contribution < -0.4 is 10.3 Å². The van der Waals surface area contributed by atoms with Crippen LogP contribution in [0.3, 0.4) is 0 Å². The number of thioether (sulfide) groups is 1. The topological polar surface area (TPSA) is 82.0 Å². The summed E-state index contributed by atoms with van der Waals surface area (Å²) in [6.45, 7) is 6.17. The molecule has 0 saturated carbocycles. The maximum Gasteiger partial charge on any atom is 0.270 e. The fourth-order valence-electron chi connectivity index (χ4n) is 3.35. The third kappa shape index (κ3) is 4.90. The number of benzene rings is 1. The molecule has 1 aromatic heterocycles. The van der Waals surface area contributed by atoms with E-state index < -0.39 is 5.56 Å². The normalized spacial score (nSPS) is 17.4. The highest BCUT2D eigenvalue weighted by Crippen LogP contribution is 2.24. The summed E-state index contributed by atoms with van der Waals surface area (Å²) in [6, 6.07) is 9.34. The van der Waals surface area contributed by atoms with Crippen molar-refractivity contribution < 1.29 is 4.74 Å². The summed E-state index contributed by atoms with van der Waals surface area (Å²) >= 11 is 1.33. The SMILES string of the molecule is CSc1nc(-c2ccc(OCCN3CCCC(C)C3)cc2)c(C#N)c(=O)[nH]1. The lowest BCUT2D eigenvalue weighted by Crippen LogP contribution is -2.37. The summed E-state index contributed by atoms with van der Waals surface area (Å²) in [5, 5.41) is 9.78. The van der Waals surface area contributed by atoms with Gasteiger partial charge in [-0.15, -0.1) is 0 Å². The molecule has 142 valence electrons. The van der Waals surface area contributed by atoms with Gasteiger partial charge in [-0.25, -0.2) is 4.98 Å². The first-order valence-electron chi connectivity index (χ1n) is 9.14. The molecule has 27 heavy (non-hydrogen) atoms. The lowest BCUT2D eigenvalue weighted by atomic mass is 10.0. The quantitative estimate of drug-likeness (QED) is 0.609. The summed E-state index contributed by atoms with van der Waals surface area (Å²) in [5.41, 5.74) is 0.744. The highest BCUT2D eigenvalue weighted by Gasteiger charge is 2.16. The molecule has 7 heteroatoms. The van der Waals surface area contributed by atoms with E-state index >= 15 is 0 Å². The Morgan fingerprint density at radius 2 is 2.19 bits per heavy atom. The largest absolute Gasteiger partial charge is 0.492 e. The third-order valence-electron chi connectivity index (χ3n) is 4.75. The van der Waals surface area contributed by atoms with Gasteiger partial charge in [-0.3, -0.25) is 9.69 Å². The van der Waals surface area contributed by atoms with E-state index in [9.17, 15) is 10.1 Å². The van der Waals surface area contributed by atoms with Gasteiger partial charge < -0.3 is 9.72 Å². The van der Waals surface area contributed by atoms with Gasteiger partial charge in [0.1, 0.15) is 24.0 Å². The molecule has 1 unspecified atom stereocenters. The predicted octanol–water partition coefficient (Wildman–Crippen LogP) is 3.14. The number of piperidine rings is 1. The smallest absolute Gasteiger partial charge is 0.270 e. The molecule has 6 nitrogen and oxygen atoms in total. The predicted molar refractivity (Wildman–Crippen MR) is 107 cm³/mol. The number of nitriles is 1. The van der Waals surface area contributed by atoms with Crippen molar-refractivity contribution in [3.8, 4) is 23.1 Å². The summed E-state index contributed by atoms with van der Waals surface area (Å²) < 4.78 is 5.86. The second-order valence-electron chi connectivity index (χ2n) is 6.83. The first-order chi connectivity index (χ1) is 13.1. The van der Waals surface area contributed by atoms with Crippen molar-refractivity contribution in [3.63, 3.8) is 0 Å². The van der Waals surface area contributed by atoms with Gasteiger partial charge in [0.15, 0.2) is 5.16 Å². The maximum absolute atomic E-state index is 12.0. The van der Waals surface area contributed by atoms with Crippen LogP contribution in [0.4, 0.5) is 0 Å². The van der Waals surface area contributed by atoms with Gasteiger partial charge in [0, 0.05) is 18.7 Å². The van der Waals surface area contributed by atoms with E-state index in [2.05, 4.69) is 21.8 Å². The molecule has 0 bridgehead atoms. The molecule has 1 saturated heterocycles. The van der Waals surface area contributed by atoms with Crippen LogP contribution in [0.25, 0.3) is 11.3 Å². The Morgan fingerprint density at radius 1 is 1.41 bits per heavy atom. The summed E-state index contributed by atoms with van der Waals surface area (Å²) in [6.07, 6.45) is 4.41. The number of aromatic amines is 1.